The van der Waals surface area contributed by atoms with Gasteiger partial charge in [-0.15, -0.1) is 0 Å². The van der Waals surface area contributed by atoms with E-state index in [2.05, 4.69) is 10.6 Å². The Kier molecular flexibility index (Phi) is 8.95. The number of carbonyl (C=O) groups is 2. The number of benzene rings is 1. The smallest absolute Gasteiger partial charge is 0.342 e. The Hall–Kier alpha value is -1.73. The van der Waals surface area contributed by atoms with Gasteiger partial charge in [0.1, 0.15) is 11.8 Å². The van der Waals surface area contributed by atoms with Crippen LogP contribution in [0.25, 0.3) is 0 Å². The molecule has 1 aromatic carbocycles. The molecule has 0 bridgehead atoms. The highest BCUT2D eigenvalue weighted by Gasteiger charge is 2.33. The molecule has 1 unspecified atom stereocenters. The lowest BCUT2D eigenvalue weighted by Crippen LogP contribution is -2.53. The normalized spacial score (nSPS) is 15.1. The number of nitrogens with two attached hydrogens (primary N) is 1. The van der Waals surface area contributed by atoms with E-state index in [0.29, 0.717) is 6.42 Å². The molecule has 0 saturated heterocycles. The Balaban J connectivity index is 2.99. The number of nitrogens with one attached hydrogen (secondary N) is 2. The summed E-state index contributed by atoms with van der Waals surface area (Å²) < 4.78 is 11.8. The topological polar surface area (TPSA) is 142 Å². The van der Waals surface area contributed by atoms with Crippen LogP contribution in [0.3, 0.4) is 0 Å². The highest BCUT2D eigenvalue weighted by molar-refractivity contribution is 7.52. The minimum Gasteiger partial charge on any atom is -0.368 e. The average Bonchev–Trinajstić information content (AvgIpc) is 2.57. The molecule has 26 heavy (non-hydrogen) atoms. The van der Waals surface area contributed by atoms with E-state index in [-0.39, 0.29) is 12.8 Å². The SMILES string of the molecule is CCCCC(N[C@@H](Cc1ccccc1)C(=O)N[C@@H](C)C(N)=O)P(=O)(O)O. The highest BCUT2D eigenvalue weighted by atomic mass is 31.2. The van der Waals surface area contributed by atoms with Crippen molar-refractivity contribution < 1.29 is 23.9 Å². The highest BCUT2D eigenvalue weighted by Crippen LogP contribution is 2.42. The number of amides is 2. The first-order valence-corrected chi connectivity index (χ1v) is 10.3. The minimum absolute atomic E-state index is 0.223. The molecule has 8 nitrogen and oxygen atoms in total. The summed E-state index contributed by atoms with van der Waals surface area (Å²) in [7, 11) is -4.44. The third-order valence-electron chi connectivity index (χ3n) is 4.02. The van der Waals surface area contributed by atoms with Gasteiger partial charge >= 0.3 is 7.60 Å². The van der Waals surface area contributed by atoms with Gasteiger partial charge in [-0.2, -0.15) is 0 Å². The van der Waals surface area contributed by atoms with Crippen LogP contribution in [-0.2, 0) is 20.6 Å². The fraction of sp³-hybridized carbons (Fsp3) is 0.529. The summed E-state index contributed by atoms with van der Waals surface area (Å²) in [5.74, 6) is -2.35. The van der Waals surface area contributed by atoms with Crippen molar-refractivity contribution >= 4 is 19.4 Å². The molecule has 0 heterocycles. The second-order valence-electron chi connectivity index (χ2n) is 6.29. The minimum atomic E-state index is -4.44. The summed E-state index contributed by atoms with van der Waals surface area (Å²) in [6, 6.07) is 7.30. The van der Waals surface area contributed by atoms with Gasteiger partial charge in [0.2, 0.25) is 11.8 Å². The van der Waals surface area contributed by atoms with E-state index in [4.69, 9.17) is 5.73 Å². The zero-order valence-electron chi connectivity index (χ0n) is 15.1. The third-order valence-corrected chi connectivity index (χ3v) is 5.23. The van der Waals surface area contributed by atoms with Crippen molar-refractivity contribution in [2.75, 3.05) is 0 Å². The predicted octanol–water partition coefficient (Wildman–Crippen LogP) is 0.871. The van der Waals surface area contributed by atoms with E-state index in [0.717, 1.165) is 12.0 Å². The van der Waals surface area contributed by atoms with Crippen LogP contribution >= 0.6 is 7.60 Å². The standard InChI is InChI=1S/C17H28N3O5P/c1-3-4-10-15(26(23,24)25)20-14(11-13-8-6-5-7-9-13)17(22)19-12(2)16(18)21/h5-9,12,14-15,20H,3-4,10-11H2,1-2H3,(H2,18,21)(H,19,22)(H2,23,24,25)/t12-,14-,15?/m0/s1. The van der Waals surface area contributed by atoms with E-state index in [1.165, 1.54) is 6.92 Å². The summed E-state index contributed by atoms with van der Waals surface area (Å²) in [6.07, 6.45) is 1.85. The van der Waals surface area contributed by atoms with E-state index in [9.17, 15) is 23.9 Å². The second-order valence-corrected chi connectivity index (χ2v) is 8.09. The first-order chi connectivity index (χ1) is 12.1. The largest absolute Gasteiger partial charge is 0.368 e. The zero-order chi connectivity index (χ0) is 19.7. The van der Waals surface area contributed by atoms with Crippen LogP contribution in [0.15, 0.2) is 30.3 Å². The first kappa shape index (κ1) is 22.3. The second kappa shape index (κ2) is 10.4. The molecule has 0 fully saturated rings. The Bertz CT molecular complexity index is 635. The lowest BCUT2D eigenvalue weighted by molar-refractivity contribution is -0.128. The molecule has 0 aliphatic rings. The average molecular weight is 385 g/mol. The molecular formula is C17H28N3O5P. The van der Waals surface area contributed by atoms with Crippen LogP contribution in [0, 0.1) is 0 Å². The summed E-state index contributed by atoms with van der Waals surface area (Å²) in [6.45, 7) is 3.37. The third kappa shape index (κ3) is 7.66. The summed E-state index contributed by atoms with van der Waals surface area (Å²) in [4.78, 5) is 43.0. The molecule has 0 saturated carbocycles. The monoisotopic (exact) mass is 385 g/mol. The molecule has 0 radical (unpaired) electrons. The van der Waals surface area contributed by atoms with Crippen LogP contribution < -0.4 is 16.4 Å². The molecule has 6 N–H and O–H groups in total. The van der Waals surface area contributed by atoms with Crippen molar-refractivity contribution in [3.8, 4) is 0 Å². The number of primary amides is 1. The van der Waals surface area contributed by atoms with Crippen LogP contribution in [0.1, 0.15) is 38.7 Å². The van der Waals surface area contributed by atoms with Crippen LogP contribution in [0.5, 0.6) is 0 Å². The van der Waals surface area contributed by atoms with Crippen molar-refractivity contribution in [3.05, 3.63) is 35.9 Å². The Morgan fingerprint density at radius 3 is 2.35 bits per heavy atom. The van der Waals surface area contributed by atoms with Gasteiger partial charge in [-0.25, -0.2) is 0 Å². The van der Waals surface area contributed by atoms with Gasteiger partial charge in [-0.1, -0.05) is 50.1 Å². The number of hydrogen-bond acceptors (Lipinski definition) is 4. The summed E-state index contributed by atoms with van der Waals surface area (Å²) in [5, 5.41) is 5.28. The number of unbranched alkanes of at least 4 members (excludes halogenated alkanes) is 1. The predicted molar refractivity (Wildman–Crippen MR) is 99.2 cm³/mol. The Morgan fingerprint density at radius 2 is 1.85 bits per heavy atom. The van der Waals surface area contributed by atoms with Gasteiger partial charge < -0.3 is 20.8 Å². The maximum atomic E-state index is 12.6. The summed E-state index contributed by atoms with van der Waals surface area (Å²) >= 11 is 0. The van der Waals surface area contributed by atoms with Gasteiger partial charge in [0.25, 0.3) is 0 Å². The van der Waals surface area contributed by atoms with Crippen molar-refractivity contribution in [2.45, 2.75) is 57.4 Å². The van der Waals surface area contributed by atoms with Gasteiger partial charge in [0.15, 0.2) is 0 Å². The van der Waals surface area contributed by atoms with Gasteiger partial charge in [0, 0.05) is 0 Å². The van der Waals surface area contributed by atoms with E-state index in [1.807, 2.05) is 37.3 Å². The molecule has 3 atom stereocenters. The van der Waals surface area contributed by atoms with E-state index in [1.54, 1.807) is 0 Å². The fourth-order valence-electron chi connectivity index (χ4n) is 2.44. The van der Waals surface area contributed by atoms with Gasteiger partial charge in [0.05, 0.1) is 6.04 Å². The molecule has 0 aromatic heterocycles. The van der Waals surface area contributed by atoms with E-state index >= 15 is 0 Å². The zero-order valence-corrected chi connectivity index (χ0v) is 16.0. The number of rotatable bonds is 11. The van der Waals surface area contributed by atoms with Crippen molar-refractivity contribution in [2.24, 2.45) is 5.73 Å². The van der Waals surface area contributed by atoms with Gasteiger partial charge in [-0.3, -0.25) is 19.5 Å². The lowest BCUT2D eigenvalue weighted by atomic mass is 10.0. The molecule has 9 heteroatoms. The van der Waals surface area contributed by atoms with Crippen LogP contribution in [0.2, 0.25) is 0 Å². The van der Waals surface area contributed by atoms with Crippen molar-refractivity contribution in [3.63, 3.8) is 0 Å². The molecule has 146 valence electrons. The summed E-state index contributed by atoms with van der Waals surface area (Å²) in [5.41, 5.74) is 6.00. The first-order valence-electron chi connectivity index (χ1n) is 8.60. The van der Waals surface area contributed by atoms with Crippen LogP contribution in [-0.4, -0.2) is 39.5 Å². The molecule has 0 spiro atoms. The molecular weight excluding hydrogens is 357 g/mol. The van der Waals surface area contributed by atoms with E-state index < -0.39 is 37.3 Å². The molecule has 0 aliphatic heterocycles. The fourth-order valence-corrected chi connectivity index (χ4v) is 3.33. The molecule has 2 amide bonds. The maximum Gasteiger partial charge on any atom is 0.342 e. The Morgan fingerprint density at radius 1 is 1.23 bits per heavy atom. The maximum absolute atomic E-state index is 12.6. The van der Waals surface area contributed by atoms with Crippen molar-refractivity contribution in [1.82, 2.24) is 10.6 Å². The van der Waals surface area contributed by atoms with Crippen molar-refractivity contribution in [1.29, 1.82) is 0 Å². The van der Waals surface area contributed by atoms with Gasteiger partial charge in [-0.05, 0) is 25.3 Å². The molecule has 1 rings (SSSR count). The van der Waals surface area contributed by atoms with Crippen LogP contribution in [0.4, 0.5) is 0 Å². The quantitative estimate of drug-likeness (QED) is 0.358. The lowest BCUT2D eigenvalue weighted by Gasteiger charge is -2.26. The number of hydrogen-bond donors (Lipinski definition) is 5. The molecule has 0 aliphatic carbocycles. The number of carbonyl (C=O) groups excluding carboxylic acids is 2. The molecule has 1 aromatic rings. The Labute approximate surface area is 153 Å².